The molecule has 4 fully saturated rings. The van der Waals surface area contributed by atoms with Crippen molar-refractivity contribution in [3.8, 4) is 0 Å². The minimum atomic E-state index is 0.337. The van der Waals surface area contributed by atoms with Gasteiger partial charge in [-0.2, -0.15) is 0 Å². The Morgan fingerprint density at radius 3 is 1.35 bits per heavy atom. The molecule has 4 heteroatoms. The van der Waals surface area contributed by atoms with E-state index in [-0.39, 0.29) is 0 Å². The molecule has 4 saturated carbocycles. The van der Waals surface area contributed by atoms with Crippen LogP contribution in [-0.4, -0.2) is 21.8 Å². The molecule has 4 nitrogen and oxygen atoms in total. The Morgan fingerprint density at radius 2 is 1.10 bits per heavy atom. The summed E-state index contributed by atoms with van der Waals surface area (Å²) >= 11 is 0. The van der Waals surface area contributed by atoms with Crippen LogP contribution in [-0.2, 0) is 0 Å². The maximum Gasteiger partial charge on any atom is 0.108 e. The molecule has 6 atom stereocenters. The average Bonchev–Trinajstić information content (AvgIpc) is 3.22. The second-order valence-electron chi connectivity index (χ2n) is 7.53. The Kier molecular flexibility index (Phi) is 3.00. The van der Waals surface area contributed by atoms with Gasteiger partial charge >= 0.3 is 0 Å². The van der Waals surface area contributed by atoms with E-state index in [2.05, 4.69) is 10.3 Å². The van der Waals surface area contributed by atoms with E-state index >= 15 is 0 Å². The third-order valence-corrected chi connectivity index (χ3v) is 6.66. The lowest BCUT2D eigenvalue weighted by atomic mass is 9.77. The average molecular weight is 276 g/mol. The molecule has 0 aliphatic heterocycles. The lowest BCUT2D eigenvalue weighted by Gasteiger charge is -2.28. The van der Waals surface area contributed by atoms with Gasteiger partial charge in [-0.1, -0.05) is 23.2 Å². The molecule has 2 N–H and O–H groups in total. The van der Waals surface area contributed by atoms with E-state index in [1.807, 2.05) is 0 Å². The van der Waals surface area contributed by atoms with Crippen molar-refractivity contribution in [3.63, 3.8) is 0 Å². The third kappa shape index (κ3) is 1.80. The highest BCUT2D eigenvalue weighted by atomic mass is 16.4. The topological polar surface area (TPSA) is 65.2 Å². The molecule has 0 radical (unpaired) electrons. The van der Waals surface area contributed by atoms with Crippen LogP contribution in [0.25, 0.3) is 0 Å². The van der Waals surface area contributed by atoms with Crippen molar-refractivity contribution in [2.75, 3.05) is 0 Å². The first-order valence-electron chi connectivity index (χ1n) is 8.24. The smallest absolute Gasteiger partial charge is 0.108 e. The van der Waals surface area contributed by atoms with Crippen LogP contribution < -0.4 is 0 Å². The molecule has 0 spiro atoms. The maximum atomic E-state index is 9.54. The van der Waals surface area contributed by atoms with E-state index in [1.165, 1.54) is 38.5 Å². The molecule has 0 aromatic carbocycles. The van der Waals surface area contributed by atoms with E-state index in [4.69, 9.17) is 0 Å². The molecule has 0 saturated heterocycles. The van der Waals surface area contributed by atoms with Crippen molar-refractivity contribution in [1.82, 2.24) is 0 Å². The minimum Gasteiger partial charge on any atom is -0.411 e. The largest absolute Gasteiger partial charge is 0.411 e. The van der Waals surface area contributed by atoms with Crippen LogP contribution in [0.1, 0.15) is 51.4 Å². The Bertz CT molecular complexity index is 417. The standard InChI is InChI=1S/C16H24N2O2/c19-17-15(13-7-9-1-3-11(13)5-9)16(18-20)14-8-10-2-4-12(14)6-10/h9-14,19-20H,1-8H2. The zero-order chi connectivity index (χ0) is 13.7. The van der Waals surface area contributed by atoms with Gasteiger partial charge in [0.05, 0.1) is 0 Å². The van der Waals surface area contributed by atoms with Crippen LogP contribution in [0.15, 0.2) is 10.3 Å². The quantitative estimate of drug-likeness (QED) is 0.470. The van der Waals surface area contributed by atoms with Gasteiger partial charge in [-0.25, -0.2) is 0 Å². The third-order valence-electron chi connectivity index (χ3n) is 6.66. The zero-order valence-electron chi connectivity index (χ0n) is 11.9. The molecule has 0 heterocycles. The van der Waals surface area contributed by atoms with E-state index in [1.54, 1.807) is 0 Å². The molecule has 110 valence electrons. The van der Waals surface area contributed by atoms with Crippen molar-refractivity contribution in [2.24, 2.45) is 45.8 Å². The van der Waals surface area contributed by atoms with Gasteiger partial charge in [0.1, 0.15) is 11.4 Å². The van der Waals surface area contributed by atoms with Crippen molar-refractivity contribution in [2.45, 2.75) is 51.4 Å². The second-order valence-corrected chi connectivity index (χ2v) is 7.53. The van der Waals surface area contributed by atoms with E-state index in [9.17, 15) is 10.4 Å². The van der Waals surface area contributed by atoms with Crippen LogP contribution in [0.4, 0.5) is 0 Å². The van der Waals surface area contributed by atoms with Gasteiger partial charge in [0, 0.05) is 11.8 Å². The molecular formula is C16H24N2O2. The summed E-state index contributed by atoms with van der Waals surface area (Å²) in [4.78, 5) is 0. The first kappa shape index (κ1) is 12.7. The molecule has 4 aliphatic carbocycles. The first-order chi connectivity index (χ1) is 9.80. The highest BCUT2D eigenvalue weighted by Gasteiger charge is 2.48. The van der Waals surface area contributed by atoms with Gasteiger partial charge in [0.15, 0.2) is 0 Å². The summed E-state index contributed by atoms with van der Waals surface area (Å²) in [5.74, 6) is 3.60. The van der Waals surface area contributed by atoms with Gasteiger partial charge in [-0.15, -0.1) is 0 Å². The van der Waals surface area contributed by atoms with Crippen molar-refractivity contribution in [3.05, 3.63) is 0 Å². The highest BCUT2D eigenvalue weighted by molar-refractivity contribution is 6.43. The molecule has 6 unspecified atom stereocenters. The summed E-state index contributed by atoms with van der Waals surface area (Å²) in [6.07, 6.45) is 9.98. The molecule has 4 aliphatic rings. The number of hydrogen-bond donors (Lipinski definition) is 2. The van der Waals surface area contributed by atoms with E-state index in [0.29, 0.717) is 23.7 Å². The zero-order valence-corrected chi connectivity index (χ0v) is 11.9. The van der Waals surface area contributed by atoms with E-state index in [0.717, 1.165) is 36.1 Å². The Morgan fingerprint density at radius 1 is 0.650 bits per heavy atom. The predicted octanol–water partition coefficient (Wildman–Crippen LogP) is 3.52. The van der Waals surface area contributed by atoms with Gasteiger partial charge in [0.2, 0.25) is 0 Å². The molecule has 20 heavy (non-hydrogen) atoms. The molecule has 0 aromatic heterocycles. The summed E-state index contributed by atoms with van der Waals surface area (Å²) < 4.78 is 0. The number of hydrogen-bond acceptors (Lipinski definition) is 4. The Labute approximate surface area is 119 Å². The summed E-state index contributed by atoms with van der Waals surface area (Å²) in [5.41, 5.74) is 1.44. The highest BCUT2D eigenvalue weighted by Crippen LogP contribution is 2.52. The summed E-state index contributed by atoms with van der Waals surface area (Å²) in [6, 6.07) is 0. The summed E-state index contributed by atoms with van der Waals surface area (Å²) in [5, 5.41) is 26.3. The first-order valence-corrected chi connectivity index (χ1v) is 8.24. The monoisotopic (exact) mass is 276 g/mol. The van der Waals surface area contributed by atoms with E-state index < -0.39 is 0 Å². The van der Waals surface area contributed by atoms with Crippen LogP contribution in [0, 0.1) is 35.5 Å². The van der Waals surface area contributed by atoms with Crippen LogP contribution in [0.2, 0.25) is 0 Å². The summed E-state index contributed by atoms with van der Waals surface area (Å²) in [7, 11) is 0. The molecule has 0 aromatic rings. The summed E-state index contributed by atoms with van der Waals surface area (Å²) in [6.45, 7) is 0. The SMILES string of the molecule is ON=C(C(=NO)C1CC2CCC1C2)C1CC2CCC1C2. The van der Waals surface area contributed by atoms with Gasteiger partial charge in [-0.3, -0.25) is 0 Å². The number of nitrogens with zero attached hydrogens (tertiary/aromatic N) is 2. The van der Waals surface area contributed by atoms with Gasteiger partial charge in [-0.05, 0) is 62.2 Å². The van der Waals surface area contributed by atoms with Crippen molar-refractivity contribution < 1.29 is 10.4 Å². The van der Waals surface area contributed by atoms with Crippen LogP contribution in [0.3, 0.4) is 0 Å². The normalized spacial score (nSPS) is 47.4. The van der Waals surface area contributed by atoms with Gasteiger partial charge in [0.25, 0.3) is 0 Å². The van der Waals surface area contributed by atoms with Crippen molar-refractivity contribution >= 4 is 11.4 Å². The van der Waals surface area contributed by atoms with Crippen LogP contribution in [0.5, 0.6) is 0 Å². The molecule has 0 amide bonds. The van der Waals surface area contributed by atoms with Gasteiger partial charge < -0.3 is 10.4 Å². The fraction of sp³-hybridized carbons (Fsp3) is 0.875. The Balaban J connectivity index is 1.57. The fourth-order valence-electron chi connectivity index (χ4n) is 5.79. The number of fused-ring (bicyclic) bond motifs is 4. The molecular weight excluding hydrogens is 252 g/mol. The predicted molar refractivity (Wildman–Crippen MR) is 76.3 cm³/mol. The minimum absolute atomic E-state index is 0.337. The number of rotatable bonds is 3. The molecule has 4 bridgehead atoms. The lowest BCUT2D eigenvalue weighted by molar-refractivity contribution is 0.298. The maximum absolute atomic E-state index is 9.54. The van der Waals surface area contributed by atoms with Crippen LogP contribution >= 0.6 is 0 Å². The number of oxime groups is 2. The molecule has 4 rings (SSSR count). The van der Waals surface area contributed by atoms with Crippen molar-refractivity contribution in [1.29, 1.82) is 0 Å². The fourth-order valence-corrected chi connectivity index (χ4v) is 5.79. The lowest BCUT2D eigenvalue weighted by Crippen LogP contribution is -2.35. The Hall–Kier alpha value is -1.06. The second kappa shape index (κ2) is 4.74.